The summed E-state index contributed by atoms with van der Waals surface area (Å²) >= 11 is 5.58. The molecule has 1 heterocycles. The van der Waals surface area contributed by atoms with Crippen molar-refractivity contribution >= 4 is 17.3 Å². The van der Waals surface area contributed by atoms with Crippen molar-refractivity contribution in [2.24, 2.45) is 0 Å². The second-order valence-electron chi connectivity index (χ2n) is 2.95. The van der Waals surface area contributed by atoms with Gasteiger partial charge in [0.25, 0.3) is 0 Å². The lowest BCUT2D eigenvalue weighted by molar-refractivity contribution is 0.460. The van der Waals surface area contributed by atoms with Gasteiger partial charge in [0.05, 0.1) is 5.69 Å². The van der Waals surface area contributed by atoms with Gasteiger partial charge in [-0.05, 0) is 23.7 Å². The predicted molar refractivity (Wildman–Crippen MR) is 57.9 cm³/mol. The zero-order chi connectivity index (χ0) is 11.5. The van der Waals surface area contributed by atoms with Crippen LogP contribution < -0.4 is 10.5 Å². The Labute approximate surface area is 95.9 Å². The molecular formula is C10H7ClFN3O. The number of rotatable bonds is 2. The summed E-state index contributed by atoms with van der Waals surface area (Å²) in [4.78, 5) is 7.52. The van der Waals surface area contributed by atoms with Crippen molar-refractivity contribution in [3.63, 3.8) is 0 Å². The van der Waals surface area contributed by atoms with E-state index in [1.54, 1.807) is 0 Å². The SMILES string of the molecule is Nc1cc(Oc2ccnc(Cl)n2)ccc1F. The molecule has 2 rings (SSSR count). The van der Waals surface area contributed by atoms with E-state index in [2.05, 4.69) is 9.97 Å². The van der Waals surface area contributed by atoms with Gasteiger partial charge in [0.1, 0.15) is 11.6 Å². The van der Waals surface area contributed by atoms with Crippen molar-refractivity contribution in [1.29, 1.82) is 0 Å². The van der Waals surface area contributed by atoms with Crippen LogP contribution in [0.2, 0.25) is 5.28 Å². The van der Waals surface area contributed by atoms with Crippen molar-refractivity contribution in [1.82, 2.24) is 9.97 Å². The van der Waals surface area contributed by atoms with Crippen LogP contribution in [0.25, 0.3) is 0 Å². The molecule has 0 saturated carbocycles. The van der Waals surface area contributed by atoms with E-state index in [0.29, 0.717) is 5.75 Å². The van der Waals surface area contributed by atoms with Crippen molar-refractivity contribution in [3.05, 3.63) is 41.6 Å². The molecule has 0 aliphatic heterocycles. The Kier molecular flexibility index (Phi) is 2.87. The van der Waals surface area contributed by atoms with Crippen LogP contribution in [0.5, 0.6) is 11.6 Å². The summed E-state index contributed by atoms with van der Waals surface area (Å²) in [6, 6.07) is 5.56. The number of hydrogen-bond donors (Lipinski definition) is 1. The topological polar surface area (TPSA) is 61.0 Å². The Morgan fingerprint density at radius 3 is 2.81 bits per heavy atom. The molecule has 0 aliphatic carbocycles. The average Bonchev–Trinajstić information content (AvgIpc) is 2.24. The molecular weight excluding hydrogens is 233 g/mol. The molecule has 0 radical (unpaired) electrons. The van der Waals surface area contributed by atoms with Gasteiger partial charge in [-0.3, -0.25) is 0 Å². The maximum Gasteiger partial charge on any atom is 0.225 e. The van der Waals surface area contributed by atoms with Crippen molar-refractivity contribution in [3.8, 4) is 11.6 Å². The molecule has 2 aromatic rings. The Morgan fingerprint density at radius 1 is 1.31 bits per heavy atom. The number of ether oxygens (including phenoxy) is 1. The maximum absolute atomic E-state index is 12.9. The average molecular weight is 240 g/mol. The fourth-order valence-electron chi connectivity index (χ4n) is 1.08. The molecule has 0 amide bonds. The normalized spacial score (nSPS) is 10.1. The largest absolute Gasteiger partial charge is 0.439 e. The number of nitrogens with zero attached hydrogens (tertiary/aromatic N) is 2. The number of benzene rings is 1. The molecule has 0 bridgehead atoms. The van der Waals surface area contributed by atoms with Gasteiger partial charge in [0.2, 0.25) is 11.2 Å². The van der Waals surface area contributed by atoms with E-state index in [9.17, 15) is 4.39 Å². The van der Waals surface area contributed by atoms with Crippen LogP contribution in [0.15, 0.2) is 30.5 Å². The number of hydrogen-bond acceptors (Lipinski definition) is 4. The second-order valence-corrected chi connectivity index (χ2v) is 3.29. The second kappa shape index (κ2) is 4.32. The molecule has 2 N–H and O–H groups in total. The third-order valence-corrected chi connectivity index (χ3v) is 1.97. The first-order valence-corrected chi connectivity index (χ1v) is 4.74. The lowest BCUT2D eigenvalue weighted by Crippen LogP contribution is -1.93. The fourth-order valence-corrected chi connectivity index (χ4v) is 1.22. The molecule has 4 nitrogen and oxygen atoms in total. The summed E-state index contributed by atoms with van der Waals surface area (Å²) in [5.41, 5.74) is 5.40. The highest BCUT2D eigenvalue weighted by molar-refractivity contribution is 6.28. The van der Waals surface area contributed by atoms with Crippen molar-refractivity contribution in [2.45, 2.75) is 0 Å². The van der Waals surface area contributed by atoms with E-state index >= 15 is 0 Å². The predicted octanol–water partition coefficient (Wildman–Crippen LogP) is 2.64. The highest BCUT2D eigenvalue weighted by Gasteiger charge is 2.03. The lowest BCUT2D eigenvalue weighted by Gasteiger charge is -2.05. The molecule has 0 spiro atoms. The number of nitrogens with two attached hydrogens (primary N) is 1. The molecule has 0 atom stereocenters. The van der Waals surface area contributed by atoms with Gasteiger partial charge >= 0.3 is 0 Å². The summed E-state index contributed by atoms with van der Waals surface area (Å²) in [6.45, 7) is 0. The molecule has 1 aromatic heterocycles. The first-order valence-electron chi connectivity index (χ1n) is 4.36. The Balaban J connectivity index is 2.24. The fraction of sp³-hybridized carbons (Fsp3) is 0. The number of nitrogen functional groups attached to an aromatic ring is 1. The van der Waals surface area contributed by atoms with Crippen LogP contribution in [0.1, 0.15) is 0 Å². The van der Waals surface area contributed by atoms with Crippen LogP contribution in [-0.4, -0.2) is 9.97 Å². The van der Waals surface area contributed by atoms with Crippen LogP contribution in [0.3, 0.4) is 0 Å². The van der Waals surface area contributed by atoms with Gasteiger partial charge in [0, 0.05) is 18.3 Å². The van der Waals surface area contributed by atoms with Crippen molar-refractivity contribution < 1.29 is 9.13 Å². The van der Waals surface area contributed by atoms with E-state index in [-0.39, 0.29) is 16.9 Å². The monoisotopic (exact) mass is 239 g/mol. The van der Waals surface area contributed by atoms with Crippen LogP contribution in [0, 0.1) is 5.82 Å². The van der Waals surface area contributed by atoms with Gasteiger partial charge in [-0.25, -0.2) is 9.37 Å². The van der Waals surface area contributed by atoms with Crippen molar-refractivity contribution in [2.75, 3.05) is 5.73 Å². The molecule has 6 heteroatoms. The smallest absolute Gasteiger partial charge is 0.225 e. The molecule has 82 valence electrons. The quantitative estimate of drug-likeness (QED) is 0.646. The summed E-state index contributed by atoms with van der Waals surface area (Å²) in [5, 5.41) is 0.0765. The number of halogens is 2. The van der Waals surface area contributed by atoms with Gasteiger partial charge in [-0.1, -0.05) is 0 Å². The van der Waals surface area contributed by atoms with Gasteiger partial charge in [0.15, 0.2) is 0 Å². The Bertz CT molecular complexity index is 521. The molecule has 16 heavy (non-hydrogen) atoms. The number of anilines is 1. The van der Waals surface area contributed by atoms with E-state index in [0.717, 1.165) is 0 Å². The zero-order valence-corrected chi connectivity index (χ0v) is 8.78. The van der Waals surface area contributed by atoms with E-state index in [1.807, 2.05) is 0 Å². The van der Waals surface area contributed by atoms with Gasteiger partial charge < -0.3 is 10.5 Å². The molecule has 1 aromatic carbocycles. The highest BCUT2D eigenvalue weighted by atomic mass is 35.5. The molecule has 0 fully saturated rings. The summed E-state index contributed by atoms with van der Waals surface area (Å²) in [7, 11) is 0. The third-order valence-electron chi connectivity index (χ3n) is 1.79. The van der Waals surface area contributed by atoms with E-state index in [4.69, 9.17) is 22.1 Å². The number of aromatic nitrogens is 2. The minimum absolute atomic E-state index is 0.0117. The Hall–Kier alpha value is -1.88. The Morgan fingerprint density at radius 2 is 2.12 bits per heavy atom. The first kappa shape index (κ1) is 10.6. The minimum atomic E-state index is -0.493. The molecule has 0 unspecified atom stereocenters. The third kappa shape index (κ3) is 2.38. The summed E-state index contributed by atoms with van der Waals surface area (Å²) < 4.78 is 18.2. The van der Waals surface area contributed by atoms with E-state index in [1.165, 1.54) is 30.5 Å². The van der Waals surface area contributed by atoms with E-state index < -0.39 is 5.82 Å². The summed E-state index contributed by atoms with van der Waals surface area (Å²) in [5.74, 6) is 0.160. The zero-order valence-electron chi connectivity index (χ0n) is 8.02. The van der Waals surface area contributed by atoms with Gasteiger partial charge in [-0.15, -0.1) is 0 Å². The van der Waals surface area contributed by atoms with Crippen LogP contribution >= 0.6 is 11.6 Å². The molecule has 0 aliphatic rings. The molecule has 0 saturated heterocycles. The lowest BCUT2D eigenvalue weighted by atomic mass is 10.3. The first-order chi connectivity index (χ1) is 7.65. The van der Waals surface area contributed by atoms with Crippen LogP contribution in [0.4, 0.5) is 10.1 Å². The van der Waals surface area contributed by atoms with Crippen LogP contribution in [-0.2, 0) is 0 Å². The van der Waals surface area contributed by atoms with Gasteiger partial charge in [-0.2, -0.15) is 4.98 Å². The standard InChI is InChI=1S/C10H7ClFN3O/c11-10-14-4-3-9(15-10)16-6-1-2-7(12)8(13)5-6/h1-5H,13H2. The minimum Gasteiger partial charge on any atom is -0.439 e. The highest BCUT2D eigenvalue weighted by Crippen LogP contribution is 2.23. The maximum atomic E-state index is 12.9. The summed E-state index contributed by atoms with van der Waals surface area (Å²) in [6.07, 6.45) is 1.46.